The summed E-state index contributed by atoms with van der Waals surface area (Å²) in [5.41, 5.74) is 1.91. The number of hydrogen-bond acceptors (Lipinski definition) is 2. The monoisotopic (exact) mass is 379 g/mol. The van der Waals surface area contributed by atoms with Crippen LogP contribution < -0.4 is 16.0 Å². The van der Waals surface area contributed by atoms with E-state index in [1.165, 1.54) is 0 Å². The van der Waals surface area contributed by atoms with Crippen molar-refractivity contribution in [3.05, 3.63) is 63.6 Å². The van der Waals surface area contributed by atoms with E-state index in [1.807, 2.05) is 13.8 Å². The van der Waals surface area contributed by atoms with Crippen molar-refractivity contribution in [2.45, 2.75) is 26.4 Å². The van der Waals surface area contributed by atoms with Gasteiger partial charge < -0.3 is 16.0 Å². The molecule has 0 spiro atoms. The van der Waals surface area contributed by atoms with Gasteiger partial charge in [-0.05, 0) is 49.7 Å². The fraction of sp³-hybridized carbons (Fsp3) is 0.222. The van der Waals surface area contributed by atoms with Crippen LogP contribution in [0.25, 0.3) is 0 Å². The van der Waals surface area contributed by atoms with Crippen LogP contribution in [0.2, 0.25) is 10.0 Å². The van der Waals surface area contributed by atoms with E-state index >= 15 is 0 Å². The number of benzene rings is 2. The van der Waals surface area contributed by atoms with Crippen molar-refractivity contribution in [2.24, 2.45) is 0 Å². The van der Waals surface area contributed by atoms with Gasteiger partial charge in [-0.1, -0.05) is 35.3 Å². The first-order chi connectivity index (χ1) is 11.8. The zero-order valence-electron chi connectivity index (χ0n) is 13.9. The van der Waals surface area contributed by atoms with Crippen LogP contribution in [0.15, 0.2) is 42.5 Å². The van der Waals surface area contributed by atoms with Crippen molar-refractivity contribution in [3.8, 4) is 0 Å². The van der Waals surface area contributed by atoms with Crippen LogP contribution in [0.5, 0.6) is 0 Å². The molecule has 2 rings (SSSR count). The first-order valence-electron chi connectivity index (χ1n) is 7.74. The van der Waals surface area contributed by atoms with Gasteiger partial charge >= 0.3 is 6.03 Å². The van der Waals surface area contributed by atoms with Crippen molar-refractivity contribution >= 4 is 40.8 Å². The Kier molecular flexibility index (Phi) is 6.67. The van der Waals surface area contributed by atoms with Crippen molar-refractivity contribution in [1.29, 1.82) is 0 Å². The Hall–Kier alpha value is -2.24. The van der Waals surface area contributed by atoms with E-state index in [-0.39, 0.29) is 18.0 Å². The molecule has 0 saturated carbocycles. The summed E-state index contributed by atoms with van der Waals surface area (Å²) < 4.78 is 0. The average Bonchev–Trinajstić information content (AvgIpc) is 2.51. The van der Waals surface area contributed by atoms with Crippen molar-refractivity contribution in [2.75, 3.05) is 5.32 Å². The van der Waals surface area contributed by atoms with Gasteiger partial charge in [0.1, 0.15) is 0 Å². The van der Waals surface area contributed by atoms with Crippen LogP contribution >= 0.6 is 23.2 Å². The number of hydrogen-bond donors (Lipinski definition) is 3. The van der Waals surface area contributed by atoms with Gasteiger partial charge in [0, 0.05) is 33.9 Å². The molecular formula is C18H19Cl2N3O2. The largest absolute Gasteiger partial charge is 0.336 e. The van der Waals surface area contributed by atoms with Gasteiger partial charge in [-0.3, -0.25) is 4.79 Å². The summed E-state index contributed by atoms with van der Waals surface area (Å²) in [7, 11) is 0. The second-order valence-corrected chi connectivity index (χ2v) is 6.66. The number of carbonyl (C=O) groups excluding carboxylic acids is 2. The molecule has 5 nitrogen and oxygen atoms in total. The Bertz CT molecular complexity index is 741. The molecule has 0 bridgehead atoms. The molecule has 2 aromatic rings. The maximum absolute atomic E-state index is 12.3. The standard InChI is InChI=1S/C18H19Cl2N3O2/c1-11(2)22-18(25)21-10-12-3-5-13(6-4-12)17(24)23-16-8-14(19)7-15(20)9-16/h3-9,11H,10H2,1-2H3,(H,23,24)(H2,21,22,25). The van der Waals surface area contributed by atoms with Gasteiger partial charge in [0.2, 0.25) is 0 Å². The quantitative estimate of drug-likeness (QED) is 0.717. The molecule has 2 aromatic carbocycles. The average molecular weight is 380 g/mol. The van der Waals surface area contributed by atoms with Crippen LogP contribution in [-0.2, 0) is 6.54 Å². The molecule has 0 fully saturated rings. The zero-order valence-corrected chi connectivity index (χ0v) is 15.4. The molecule has 132 valence electrons. The summed E-state index contributed by atoms with van der Waals surface area (Å²) in [5.74, 6) is -0.268. The molecule has 7 heteroatoms. The van der Waals surface area contributed by atoms with Crippen LogP contribution in [0, 0.1) is 0 Å². The zero-order chi connectivity index (χ0) is 18.4. The Morgan fingerprint density at radius 3 is 2.16 bits per heavy atom. The van der Waals surface area contributed by atoms with Crippen LogP contribution in [-0.4, -0.2) is 18.0 Å². The maximum atomic E-state index is 12.3. The first kappa shape index (κ1) is 19.1. The minimum Gasteiger partial charge on any atom is -0.336 e. The van der Waals surface area contributed by atoms with Gasteiger partial charge in [-0.2, -0.15) is 0 Å². The molecular weight excluding hydrogens is 361 g/mol. The van der Waals surface area contributed by atoms with Gasteiger partial charge in [0.15, 0.2) is 0 Å². The fourth-order valence-corrected chi connectivity index (χ4v) is 2.62. The lowest BCUT2D eigenvalue weighted by Gasteiger charge is -2.10. The predicted molar refractivity (Wildman–Crippen MR) is 101 cm³/mol. The summed E-state index contributed by atoms with van der Waals surface area (Å²) in [6, 6.07) is 11.6. The number of amides is 3. The second-order valence-electron chi connectivity index (χ2n) is 5.79. The maximum Gasteiger partial charge on any atom is 0.315 e. The highest BCUT2D eigenvalue weighted by Crippen LogP contribution is 2.22. The minimum atomic E-state index is -0.268. The second kappa shape index (κ2) is 8.74. The molecule has 0 unspecified atom stereocenters. The number of rotatable bonds is 5. The third kappa shape index (κ3) is 6.29. The van der Waals surface area contributed by atoms with E-state index in [0.29, 0.717) is 27.8 Å². The first-order valence-corrected chi connectivity index (χ1v) is 8.50. The van der Waals surface area contributed by atoms with Crippen LogP contribution in [0.4, 0.5) is 10.5 Å². The summed E-state index contributed by atoms with van der Waals surface area (Å²) in [4.78, 5) is 23.8. The number of nitrogens with one attached hydrogen (secondary N) is 3. The van der Waals surface area contributed by atoms with Gasteiger partial charge in [0.05, 0.1) is 0 Å². The Morgan fingerprint density at radius 1 is 1.00 bits per heavy atom. The minimum absolute atomic E-state index is 0.0751. The van der Waals surface area contributed by atoms with Gasteiger partial charge in [-0.15, -0.1) is 0 Å². The summed E-state index contributed by atoms with van der Waals surface area (Å²) in [5, 5.41) is 9.13. The summed E-state index contributed by atoms with van der Waals surface area (Å²) in [6.07, 6.45) is 0. The van der Waals surface area contributed by atoms with Gasteiger partial charge in [-0.25, -0.2) is 4.79 Å². The molecule has 0 aliphatic rings. The molecule has 0 aliphatic carbocycles. The smallest absolute Gasteiger partial charge is 0.315 e. The fourth-order valence-electron chi connectivity index (χ4n) is 2.10. The Balaban J connectivity index is 1.94. The molecule has 0 saturated heterocycles. The third-order valence-electron chi connectivity index (χ3n) is 3.21. The van der Waals surface area contributed by atoms with Crippen LogP contribution in [0.1, 0.15) is 29.8 Å². The van der Waals surface area contributed by atoms with E-state index in [2.05, 4.69) is 16.0 Å². The summed E-state index contributed by atoms with van der Waals surface area (Å²) >= 11 is 11.8. The molecule has 0 aromatic heterocycles. The molecule has 0 radical (unpaired) electrons. The lowest BCUT2D eigenvalue weighted by molar-refractivity contribution is 0.102. The highest BCUT2D eigenvalue weighted by atomic mass is 35.5. The highest BCUT2D eigenvalue weighted by molar-refractivity contribution is 6.35. The lowest BCUT2D eigenvalue weighted by Crippen LogP contribution is -2.39. The normalized spacial score (nSPS) is 10.4. The van der Waals surface area contributed by atoms with E-state index in [1.54, 1.807) is 42.5 Å². The van der Waals surface area contributed by atoms with E-state index in [9.17, 15) is 9.59 Å². The van der Waals surface area contributed by atoms with Crippen molar-refractivity contribution in [1.82, 2.24) is 10.6 Å². The lowest BCUT2D eigenvalue weighted by atomic mass is 10.1. The topological polar surface area (TPSA) is 70.2 Å². The SMILES string of the molecule is CC(C)NC(=O)NCc1ccc(C(=O)Nc2cc(Cl)cc(Cl)c2)cc1. The number of carbonyl (C=O) groups is 2. The molecule has 25 heavy (non-hydrogen) atoms. The molecule has 3 N–H and O–H groups in total. The Morgan fingerprint density at radius 2 is 1.60 bits per heavy atom. The molecule has 3 amide bonds. The number of halogens is 2. The number of urea groups is 1. The van der Waals surface area contributed by atoms with Crippen molar-refractivity contribution in [3.63, 3.8) is 0 Å². The molecule has 0 heterocycles. The highest BCUT2D eigenvalue weighted by Gasteiger charge is 2.08. The molecule has 0 atom stereocenters. The third-order valence-corrected chi connectivity index (χ3v) is 3.65. The van der Waals surface area contributed by atoms with E-state index in [0.717, 1.165) is 5.56 Å². The molecule has 0 aliphatic heterocycles. The Labute approximate surface area is 156 Å². The van der Waals surface area contributed by atoms with Gasteiger partial charge in [0.25, 0.3) is 5.91 Å². The van der Waals surface area contributed by atoms with E-state index < -0.39 is 0 Å². The predicted octanol–water partition coefficient (Wildman–Crippen LogP) is 4.45. The summed E-state index contributed by atoms with van der Waals surface area (Å²) in [6.45, 7) is 4.16. The van der Waals surface area contributed by atoms with Crippen molar-refractivity contribution < 1.29 is 9.59 Å². The van der Waals surface area contributed by atoms with E-state index in [4.69, 9.17) is 23.2 Å². The van der Waals surface area contributed by atoms with Crippen LogP contribution in [0.3, 0.4) is 0 Å². The number of anilines is 1.